The summed E-state index contributed by atoms with van der Waals surface area (Å²) >= 11 is 0.922. The SMILES string of the molecule is CN(C)C(=O)Nc1snc(OCC2CCCCC2)c1C(=O)O. The number of aromatic carboxylic acids is 1. The van der Waals surface area contributed by atoms with Gasteiger partial charge in [0.05, 0.1) is 6.61 Å². The molecule has 1 aliphatic carbocycles. The van der Waals surface area contributed by atoms with Crippen LogP contribution >= 0.6 is 11.5 Å². The molecule has 1 saturated carbocycles. The molecule has 1 aromatic heterocycles. The third kappa shape index (κ3) is 4.09. The number of carboxylic acids is 1. The van der Waals surface area contributed by atoms with E-state index in [1.807, 2.05) is 0 Å². The van der Waals surface area contributed by atoms with Gasteiger partial charge in [0.2, 0.25) is 5.88 Å². The number of amides is 2. The minimum atomic E-state index is -1.15. The second-order valence-electron chi connectivity index (χ2n) is 5.64. The molecule has 2 N–H and O–H groups in total. The van der Waals surface area contributed by atoms with Crippen LogP contribution in [0.25, 0.3) is 0 Å². The molecular formula is C14H21N3O4S. The second kappa shape index (κ2) is 7.44. The van der Waals surface area contributed by atoms with Crippen molar-refractivity contribution in [2.45, 2.75) is 32.1 Å². The highest BCUT2D eigenvalue weighted by Crippen LogP contribution is 2.32. The number of nitrogens with zero attached hydrogens (tertiary/aromatic N) is 2. The molecule has 1 aromatic rings. The lowest BCUT2D eigenvalue weighted by Crippen LogP contribution is -2.27. The Labute approximate surface area is 133 Å². The molecule has 0 spiro atoms. The molecule has 1 fully saturated rings. The Morgan fingerprint density at radius 2 is 2.05 bits per heavy atom. The average molecular weight is 327 g/mol. The quantitative estimate of drug-likeness (QED) is 0.867. The van der Waals surface area contributed by atoms with Crippen LogP contribution in [0.4, 0.5) is 9.80 Å². The van der Waals surface area contributed by atoms with Gasteiger partial charge < -0.3 is 14.7 Å². The van der Waals surface area contributed by atoms with Gasteiger partial charge in [-0.25, -0.2) is 9.59 Å². The van der Waals surface area contributed by atoms with E-state index in [9.17, 15) is 14.7 Å². The number of urea groups is 1. The van der Waals surface area contributed by atoms with Crippen molar-refractivity contribution in [2.75, 3.05) is 26.0 Å². The Hall–Kier alpha value is -1.83. The summed E-state index contributed by atoms with van der Waals surface area (Å²) in [5.74, 6) is -0.601. The molecule has 0 aliphatic heterocycles. The summed E-state index contributed by atoms with van der Waals surface area (Å²) in [5.41, 5.74) is -0.0731. The molecule has 0 atom stereocenters. The van der Waals surface area contributed by atoms with E-state index in [1.54, 1.807) is 14.1 Å². The first-order valence-electron chi connectivity index (χ1n) is 7.33. The molecule has 0 saturated heterocycles. The Balaban J connectivity index is 2.05. The third-order valence-corrected chi connectivity index (χ3v) is 4.43. The first-order valence-corrected chi connectivity index (χ1v) is 8.10. The van der Waals surface area contributed by atoms with Crippen molar-refractivity contribution >= 4 is 28.5 Å². The zero-order chi connectivity index (χ0) is 16.1. The normalized spacial score (nSPS) is 15.4. The van der Waals surface area contributed by atoms with Gasteiger partial charge in [-0.05, 0) is 30.3 Å². The average Bonchev–Trinajstić information content (AvgIpc) is 2.89. The van der Waals surface area contributed by atoms with Crippen molar-refractivity contribution in [3.8, 4) is 5.88 Å². The first-order chi connectivity index (χ1) is 10.5. The van der Waals surface area contributed by atoms with Gasteiger partial charge in [-0.2, -0.15) is 4.37 Å². The topological polar surface area (TPSA) is 91.8 Å². The van der Waals surface area contributed by atoms with E-state index in [1.165, 1.54) is 24.2 Å². The summed E-state index contributed by atoms with van der Waals surface area (Å²) in [7, 11) is 3.16. The molecule has 0 aromatic carbocycles. The molecule has 7 nitrogen and oxygen atoms in total. The highest BCUT2D eigenvalue weighted by Gasteiger charge is 2.25. The number of rotatable bonds is 5. The second-order valence-corrected chi connectivity index (χ2v) is 6.41. The minimum Gasteiger partial charge on any atom is -0.477 e. The zero-order valence-corrected chi connectivity index (χ0v) is 13.6. The number of anilines is 1. The van der Waals surface area contributed by atoms with Gasteiger partial charge >= 0.3 is 12.0 Å². The minimum absolute atomic E-state index is 0.0731. The van der Waals surface area contributed by atoms with Crippen LogP contribution in [0.15, 0.2) is 0 Å². The number of hydrogen-bond donors (Lipinski definition) is 2. The van der Waals surface area contributed by atoms with Crippen LogP contribution in [0.3, 0.4) is 0 Å². The number of carbonyl (C=O) groups is 2. The van der Waals surface area contributed by atoms with Crippen molar-refractivity contribution in [2.24, 2.45) is 5.92 Å². The van der Waals surface area contributed by atoms with Crippen LogP contribution < -0.4 is 10.1 Å². The summed E-state index contributed by atoms with van der Waals surface area (Å²) in [4.78, 5) is 24.4. The number of hydrogen-bond acceptors (Lipinski definition) is 5. The van der Waals surface area contributed by atoms with Crippen LogP contribution in [0.1, 0.15) is 42.5 Å². The van der Waals surface area contributed by atoms with E-state index in [4.69, 9.17) is 4.74 Å². The Morgan fingerprint density at radius 3 is 2.64 bits per heavy atom. The Bertz CT molecular complexity index is 538. The maximum absolute atomic E-state index is 11.7. The standard InChI is InChI=1S/C14H21N3O4S/c1-17(2)14(20)15-12-10(13(18)19)11(16-22-12)21-8-9-6-4-3-5-7-9/h9H,3-8H2,1-2H3,(H,15,20)(H,18,19). The number of carboxylic acid groups (broad SMARTS) is 1. The van der Waals surface area contributed by atoms with Crippen molar-refractivity contribution in [3.05, 3.63) is 5.56 Å². The molecule has 2 rings (SSSR count). The van der Waals surface area contributed by atoms with Crippen molar-refractivity contribution in [1.29, 1.82) is 0 Å². The zero-order valence-electron chi connectivity index (χ0n) is 12.8. The smallest absolute Gasteiger partial charge is 0.344 e. The van der Waals surface area contributed by atoms with Crippen LogP contribution in [0.5, 0.6) is 5.88 Å². The molecular weight excluding hydrogens is 306 g/mol. The maximum Gasteiger partial charge on any atom is 0.344 e. The van der Waals surface area contributed by atoms with E-state index in [0.717, 1.165) is 24.4 Å². The van der Waals surface area contributed by atoms with E-state index in [0.29, 0.717) is 12.5 Å². The molecule has 0 unspecified atom stereocenters. The van der Waals surface area contributed by atoms with E-state index < -0.39 is 12.0 Å². The summed E-state index contributed by atoms with van der Waals surface area (Å²) in [6, 6.07) is -0.398. The summed E-state index contributed by atoms with van der Waals surface area (Å²) < 4.78 is 9.65. The predicted octanol–water partition coefficient (Wildman–Crippen LogP) is 2.89. The molecule has 8 heteroatoms. The lowest BCUT2D eigenvalue weighted by Gasteiger charge is -2.21. The first kappa shape index (κ1) is 16.5. The number of aromatic nitrogens is 1. The molecule has 2 amide bonds. The van der Waals surface area contributed by atoms with Crippen LogP contribution in [-0.4, -0.2) is 47.1 Å². The largest absolute Gasteiger partial charge is 0.477 e. The number of carbonyl (C=O) groups excluding carboxylic acids is 1. The van der Waals surface area contributed by atoms with Crippen molar-refractivity contribution in [1.82, 2.24) is 9.27 Å². The van der Waals surface area contributed by atoms with Crippen molar-refractivity contribution < 1.29 is 19.4 Å². The molecule has 1 aliphatic rings. The van der Waals surface area contributed by atoms with Gasteiger partial charge in [-0.3, -0.25) is 5.32 Å². The summed E-state index contributed by atoms with van der Waals surface area (Å²) in [6.45, 7) is 0.477. The van der Waals surface area contributed by atoms with Gasteiger partial charge in [-0.15, -0.1) is 0 Å². The van der Waals surface area contributed by atoms with Gasteiger partial charge in [0.1, 0.15) is 5.00 Å². The molecule has 122 valence electrons. The fourth-order valence-electron chi connectivity index (χ4n) is 2.41. The van der Waals surface area contributed by atoms with Gasteiger partial charge in [0.15, 0.2) is 5.56 Å². The lowest BCUT2D eigenvalue weighted by atomic mass is 9.90. The molecule has 22 heavy (non-hydrogen) atoms. The third-order valence-electron chi connectivity index (χ3n) is 3.68. The monoisotopic (exact) mass is 327 g/mol. The summed E-state index contributed by atoms with van der Waals surface area (Å²) in [5, 5.41) is 12.1. The predicted molar refractivity (Wildman–Crippen MR) is 83.8 cm³/mol. The number of ether oxygens (including phenoxy) is 1. The summed E-state index contributed by atoms with van der Waals surface area (Å²) in [6.07, 6.45) is 5.86. The van der Waals surface area contributed by atoms with Gasteiger partial charge in [0, 0.05) is 14.1 Å². The van der Waals surface area contributed by atoms with Gasteiger partial charge in [-0.1, -0.05) is 19.3 Å². The van der Waals surface area contributed by atoms with E-state index >= 15 is 0 Å². The Morgan fingerprint density at radius 1 is 1.36 bits per heavy atom. The van der Waals surface area contributed by atoms with Crippen LogP contribution in [0, 0.1) is 5.92 Å². The van der Waals surface area contributed by atoms with E-state index in [-0.39, 0.29) is 16.4 Å². The lowest BCUT2D eigenvalue weighted by molar-refractivity contribution is 0.0691. The van der Waals surface area contributed by atoms with Crippen LogP contribution in [-0.2, 0) is 0 Å². The maximum atomic E-state index is 11.7. The van der Waals surface area contributed by atoms with Gasteiger partial charge in [0.25, 0.3) is 0 Å². The van der Waals surface area contributed by atoms with Crippen LogP contribution in [0.2, 0.25) is 0 Å². The fourth-order valence-corrected chi connectivity index (χ4v) is 3.12. The Kier molecular flexibility index (Phi) is 5.59. The molecule has 1 heterocycles. The fraction of sp³-hybridized carbons (Fsp3) is 0.643. The highest BCUT2D eigenvalue weighted by atomic mass is 32.1. The van der Waals surface area contributed by atoms with Crippen molar-refractivity contribution in [3.63, 3.8) is 0 Å². The number of nitrogens with one attached hydrogen (secondary N) is 1. The van der Waals surface area contributed by atoms with E-state index in [2.05, 4.69) is 9.69 Å². The molecule has 0 radical (unpaired) electrons. The molecule has 0 bridgehead atoms. The highest BCUT2D eigenvalue weighted by molar-refractivity contribution is 7.11.